The monoisotopic (exact) mass is 270 g/mol. The molecular weight excluding hydrogens is 254 g/mol. The molecule has 0 saturated heterocycles. The van der Waals surface area contributed by atoms with Crippen molar-refractivity contribution in [3.8, 4) is 6.07 Å². The third kappa shape index (κ3) is 3.70. The molecule has 0 saturated carbocycles. The molecular formula is C15H16N3O2+. The summed E-state index contributed by atoms with van der Waals surface area (Å²) < 4.78 is 5.28. The zero-order valence-corrected chi connectivity index (χ0v) is 11.2. The Morgan fingerprint density at radius 1 is 1.45 bits per heavy atom. The smallest absolute Gasteiger partial charge is 0.279 e. The van der Waals surface area contributed by atoms with Crippen LogP contribution in [0.5, 0.6) is 0 Å². The van der Waals surface area contributed by atoms with E-state index in [9.17, 15) is 4.79 Å². The predicted octanol–water partition coefficient (Wildman–Crippen LogP) is 1.41. The standard InChI is InChI=1S/C15H15N3O2/c1-11(14-6-3-7-20-14)17-10-15(19)18-13-5-2-4-12(8-13)9-16/h2-8,11,17H,10H2,1H3,(H,18,19)/p+1/t11-/m1/s1. The van der Waals surface area contributed by atoms with Crippen LogP contribution in [0, 0.1) is 11.3 Å². The van der Waals surface area contributed by atoms with Gasteiger partial charge in [0.1, 0.15) is 6.04 Å². The summed E-state index contributed by atoms with van der Waals surface area (Å²) >= 11 is 0. The van der Waals surface area contributed by atoms with E-state index < -0.39 is 0 Å². The number of anilines is 1. The average molecular weight is 270 g/mol. The molecule has 1 heterocycles. The number of hydrogen-bond donors (Lipinski definition) is 2. The van der Waals surface area contributed by atoms with Crippen LogP contribution in [0.15, 0.2) is 47.1 Å². The fourth-order valence-electron chi connectivity index (χ4n) is 1.83. The molecule has 0 radical (unpaired) electrons. The Balaban J connectivity index is 1.85. The molecule has 0 aliphatic rings. The maximum Gasteiger partial charge on any atom is 0.279 e. The van der Waals surface area contributed by atoms with E-state index in [1.807, 2.05) is 30.4 Å². The molecule has 2 rings (SSSR count). The summed E-state index contributed by atoms with van der Waals surface area (Å²) in [5.74, 6) is 0.725. The lowest BCUT2D eigenvalue weighted by atomic mass is 10.2. The topological polar surface area (TPSA) is 82.6 Å². The molecule has 1 amide bonds. The first-order chi connectivity index (χ1) is 9.69. The van der Waals surface area contributed by atoms with E-state index in [0.717, 1.165) is 5.76 Å². The minimum Gasteiger partial charge on any atom is -0.463 e. The van der Waals surface area contributed by atoms with Gasteiger partial charge in [0.25, 0.3) is 5.91 Å². The number of hydrogen-bond acceptors (Lipinski definition) is 3. The third-order valence-electron chi connectivity index (χ3n) is 2.92. The highest BCUT2D eigenvalue weighted by Gasteiger charge is 2.13. The predicted molar refractivity (Wildman–Crippen MR) is 73.7 cm³/mol. The van der Waals surface area contributed by atoms with Gasteiger partial charge in [-0.05, 0) is 37.3 Å². The van der Waals surface area contributed by atoms with Gasteiger partial charge < -0.3 is 15.1 Å². The number of carbonyl (C=O) groups excluding carboxylic acids is 1. The highest BCUT2D eigenvalue weighted by Crippen LogP contribution is 2.09. The summed E-state index contributed by atoms with van der Waals surface area (Å²) in [4.78, 5) is 11.8. The van der Waals surface area contributed by atoms with Crippen molar-refractivity contribution in [2.45, 2.75) is 13.0 Å². The van der Waals surface area contributed by atoms with Crippen molar-refractivity contribution >= 4 is 11.6 Å². The number of nitriles is 1. The largest absolute Gasteiger partial charge is 0.463 e. The highest BCUT2D eigenvalue weighted by molar-refractivity contribution is 5.91. The summed E-state index contributed by atoms with van der Waals surface area (Å²) in [7, 11) is 0. The maximum atomic E-state index is 11.8. The minimum absolute atomic E-state index is 0.0844. The van der Waals surface area contributed by atoms with E-state index in [4.69, 9.17) is 9.68 Å². The van der Waals surface area contributed by atoms with Crippen LogP contribution in [-0.2, 0) is 4.79 Å². The van der Waals surface area contributed by atoms with Crippen LogP contribution in [0.25, 0.3) is 0 Å². The van der Waals surface area contributed by atoms with Crippen molar-refractivity contribution in [2.24, 2.45) is 0 Å². The molecule has 0 aliphatic carbocycles. The normalized spacial score (nSPS) is 11.6. The lowest BCUT2D eigenvalue weighted by Crippen LogP contribution is -2.86. The number of nitrogens with one attached hydrogen (secondary N) is 1. The molecule has 1 aromatic heterocycles. The first kappa shape index (κ1) is 13.8. The van der Waals surface area contributed by atoms with Crippen molar-refractivity contribution in [1.29, 1.82) is 5.26 Å². The highest BCUT2D eigenvalue weighted by atomic mass is 16.3. The second kappa shape index (κ2) is 6.55. The Kier molecular flexibility index (Phi) is 4.53. The van der Waals surface area contributed by atoms with Crippen LogP contribution in [0.2, 0.25) is 0 Å². The summed E-state index contributed by atoms with van der Waals surface area (Å²) in [5.41, 5.74) is 1.16. The Bertz CT molecular complexity index is 614. The van der Waals surface area contributed by atoms with E-state index in [-0.39, 0.29) is 11.9 Å². The van der Waals surface area contributed by atoms with Gasteiger partial charge >= 0.3 is 0 Å². The molecule has 0 spiro atoms. The molecule has 0 aliphatic heterocycles. The molecule has 20 heavy (non-hydrogen) atoms. The molecule has 2 aromatic rings. The molecule has 0 fully saturated rings. The Morgan fingerprint density at radius 2 is 2.30 bits per heavy atom. The number of rotatable bonds is 5. The van der Waals surface area contributed by atoms with Crippen LogP contribution in [-0.4, -0.2) is 12.5 Å². The number of nitrogens with two attached hydrogens (primary N) is 1. The maximum absolute atomic E-state index is 11.8. The van der Waals surface area contributed by atoms with Crippen LogP contribution in [0.4, 0.5) is 5.69 Å². The number of nitrogens with zero attached hydrogens (tertiary/aromatic N) is 1. The molecule has 3 N–H and O–H groups in total. The van der Waals surface area contributed by atoms with Gasteiger partial charge in [-0.2, -0.15) is 5.26 Å². The minimum atomic E-state index is -0.113. The van der Waals surface area contributed by atoms with Crippen molar-refractivity contribution in [3.05, 3.63) is 54.0 Å². The molecule has 0 bridgehead atoms. The van der Waals surface area contributed by atoms with Gasteiger partial charge in [-0.1, -0.05) is 6.07 Å². The fourth-order valence-corrected chi connectivity index (χ4v) is 1.83. The van der Waals surface area contributed by atoms with Gasteiger partial charge in [0, 0.05) is 5.69 Å². The summed E-state index contributed by atoms with van der Waals surface area (Å²) in [6.07, 6.45) is 1.62. The first-order valence-electron chi connectivity index (χ1n) is 6.36. The molecule has 5 heteroatoms. The van der Waals surface area contributed by atoms with Gasteiger partial charge in [-0.3, -0.25) is 4.79 Å². The Labute approximate surface area is 117 Å². The van der Waals surface area contributed by atoms with Crippen LogP contribution < -0.4 is 10.6 Å². The van der Waals surface area contributed by atoms with Crippen LogP contribution in [0.1, 0.15) is 24.3 Å². The van der Waals surface area contributed by atoms with Gasteiger partial charge in [-0.25, -0.2) is 0 Å². The van der Waals surface area contributed by atoms with Gasteiger partial charge in [0.05, 0.1) is 17.9 Å². The molecule has 102 valence electrons. The van der Waals surface area contributed by atoms with Crippen LogP contribution in [0.3, 0.4) is 0 Å². The lowest BCUT2D eigenvalue weighted by molar-refractivity contribution is -0.684. The van der Waals surface area contributed by atoms with E-state index in [1.54, 1.807) is 30.5 Å². The quantitative estimate of drug-likeness (QED) is 0.861. The van der Waals surface area contributed by atoms with E-state index >= 15 is 0 Å². The number of carbonyl (C=O) groups is 1. The number of amides is 1. The zero-order valence-electron chi connectivity index (χ0n) is 11.2. The van der Waals surface area contributed by atoms with Crippen molar-refractivity contribution in [2.75, 3.05) is 11.9 Å². The first-order valence-corrected chi connectivity index (χ1v) is 6.36. The van der Waals surface area contributed by atoms with Crippen molar-refractivity contribution in [1.82, 2.24) is 0 Å². The summed E-state index contributed by atoms with van der Waals surface area (Å²) in [6, 6.07) is 12.7. The van der Waals surface area contributed by atoms with Crippen molar-refractivity contribution in [3.63, 3.8) is 0 Å². The zero-order chi connectivity index (χ0) is 14.4. The molecule has 1 atom stereocenters. The second-order valence-electron chi connectivity index (χ2n) is 4.48. The van der Waals surface area contributed by atoms with Gasteiger partial charge in [-0.15, -0.1) is 0 Å². The number of furan rings is 1. The molecule has 5 nitrogen and oxygen atoms in total. The number of quaternary nitrogens is 1. The fraction of sp³-hybridized carbons (Fsp3) is 0.200. The van der Waals surface area contributed by atoms with Crippen molar-refractivity contribution < 1.29 is 14.5 Å². The Hall–Kier alpha value is -2.58. The van der Waals surface area contributed by atoms with Gasteiger partial charge in [0.2, 0.25) is 0 Å². The van der Waals surface area contributed by atoms with E-state index in [2.05, 4.69) is 5.32 Å². The number of benzene rings is 1. The second-order valence-corrected chi connectivity index (χ2v) is 4.48. The third-order valence-corrected chi connectivity index (χ3v) is 2.92. The SMILES string of the molecule is C[C@@H]([NH2+]CC(=O)Nc1cccc(C#N)c1)c1ccco1. The molecule has 1 aromatic carbocycles. The van der Waals surface area contributed by atoms with Gasteiger partial charge in [0.15, 0.2) is 12.3 Å². The van der Waals surface area contributed by atoms with Crippen LogP contribution >= 0.6 is 0 Å². The summed E-state index contributed by atoms with van der Waals surface area (Å²) in [5, 5.41) is 13.5. The van der Waals surface area contributed by atoms with E-state index in [0.29, 0.717) is 17.8 Å². The lowest BCUT2D eigenvalue weighted by Gasteiger charge is -2.08. The average Bonchev–Trinajstić information content (AvgIpc) is 2.99. The van der Waals surface area contributed by atoms with E-state index in [1.165, 1.54) is 0 Å². The summed E-state index contributed by atoms with van der Waals surface area (Å²) in [6.45, 7) is 2.26. The molecule has 0 unspecified atom stereocenters. The Morgan fingerprint density at radius 3 is 3.00 bits per heavy atom.